The highest BCUT2D eigenvalue weighted by Crippen LogP contribution is 2.53. The first-order valence-corrected chi connectivity index (χ1v) is 11.5. The maximum atomic E-state index is 12.8. The van der Waals surface area contributed by atoms with Gasteiger partial charge in [-0.3, -0.25) is 9.05 Å². The number of rotatable bonds is 9. The zero-order valence-corrected chi connectivity index (χ0v) is 17.3. The molecule has 0 saturated heterocycles. The topological polar surface area (TPSA) is 78.9 Å². The lowest BCUT2D eigenvalue weighted by Crippen LogP contribution is -2.03. The van der Waals surface area contributed by atoms with E-state index in [4.69, 9.17) is 25.2 Å². The van der Waals surface area contributed by atoms with E-state index >= 15 is 0 Å². The predicted octanol–water partition coefficient (Wildman–Crippen LogP) is 5.31. The minimum Gasteiger partial charge on any atom is -0.403 e. The van der Waals surface area contributed by atoms with Crippen LogP contribution in [0.5, 0.6) is 0 Å². The van der Waals surface area contributed by atoms with Crippen LogP contribution in [-0.4, -0.2) is 21.6 Å². The molecule has 0 N–H and O–H groups in total. The quantitative estimate of drug-likeness (QED) is 0.396. The van der Waals surface area contributed by atoms with E-state index in [9.17, 15) is 13.0 Å². The highest BCUT2D eigenvalue weighted by atomic mass is 35.5. The third kappa shape index (κ3) is 6.19. The molecule has 0 heterocycles. The molecule has 0 radical (unpaired) electrons. The van der Waals surface area contributed by atoms with Crippen molar-refractivity contribution in [1.29, 1.82) is 0 Å². The Labute approximate surface area is 164 Å². The summed E-state index contributed by atoms with van der Waals surface area (Å²) in [5.41, 5.74) is 0.412. The molecule has 0 saturated carbocycles. The van der Waals surface area contributed by atoms with Crippen molar-refractivity contribution in [3.05, 3.63) is 70.6 Å². The van der Waals surface area contributed by atoms with Crippen LogP contribution < -0.4 is 0 Å². The molecule has 0 unspecified atom stereocenters. The van der Waals surface area contributed by atoms with Crippen LogP contribution >= 0.6 is 19.4 Å². The molecule has 6 nitrogen and oxygen atoms in total. The summed E-state index contributed by atoms with van der Waals surface area (Å²) in [6.45, 7) is 3.41. The van der Waals surface area contributed by atoms with E-state index in [1.807, 2.05) is 0 Å². The molecule has 0 spiro atoms. The summed E-state index contributed by atoms with van der Waals surface area (Å²) in [5, 5.41) is 1.31. The van der Waals surface area contributed by atoms with Gasteiger partial charge in [-0.25, -0.2) is 13.0 Å². The first-order chi connectivity index (χ1) is 12.8. The van der Waals surface area contributed by atoms with Crippen molar-refractivity contribution in [3.63, 3.8) is 0 Å². The molecule has 2 aromatic carbocycles. The molecule has 0 amide bonds. The normalized spacial score (nSPS) is 12.8. The van der Waals surface area contributed by atoms with Gasteiger partial charge < -0.3 is 4.52 Å². The first kappa shape index (κ1) is 21.7. The SMILES string of the molecule is CCOP(=O)(OCC)O/C(=C/S(=O)(=O)c1ccc(Cl)cc1)c1ccccc1. The summed E-state index contributed by atoms with van der Waals surface area (Å²) >= 11 is 5.82. The zero-order valence-electron chi connectivity index (χ0n) is 14.9. The molecule has 0 aromatic heterocycles. The van der Waals surface area contributed by atoms with Crippen LogP contribution in [0.25, 0.3) is 5.76 Å². The second-order valence-corrected chi connectivity index (χ2v) is 9.05. The zero-order chi connectivity index (χ0) is 19.9. The second-order valence-electron chi connectivity index (χ2n) is 5.22. The Bertz CT molecular complexity index is 916. The summed E-state index contributed by atoms with van der Waals surface area (Å²) in [5.74, 6) is -0.143. The van der Waals surface area contributed by atoms with E-state index in [1.165, 1.54) is 24.3 Å². The van der Waals surface area contributed by atoms with Gasteiger partial charge in [0.05, 0.1) is 23.5 Å². The Morgan fingerprint density at radius 3 is 2.07 bits per heavy atom. The molecule has 2 rings (SSSR count). The highest BCUT2D eigenvalue weighted by molar-refractivity contribution is 7.94. The molecular formula is C18H20ClO6PS. The van der Waals surface area contributed by atoms with E-state index in [1.54, 1.807) is 44.2 Å². The van der Waals surface area contributed by atoms with E-state index in [0.717, 1.165) is 5.41 Å². The fraction of sp³-hybridized carbons (Fsp3) is 0.222. The summed E-state index contributed by atoms with van der Waals surface area (Å²) in [4.78, 5) is 0.0200. The van der Waals surface area contributed by atoms with Gasteiger partial charge in [0.2, 0.25) is 9.84 Å². The van der Waals surface area contributed by atoms with E-state index in [-0.39, 0.29) is 23.9 Å². The molecule has 146 valence electrons. The van der Waals surface area contributed by atoms with Crippen molar-refractivity contribution in [3.8, 4) is 0 Å². The number of sulfone groups is 1. The van der Waals surface area contributed by atoms with Crippen LogP contribution in [0.2, 0.25) is 5.02 Å². The molecule has 27 heavy (non-hydrogen) atoms. The van der Waals surface area contributed by atoms with Gasteiger partial charge in [-0.1, -0.05) is 41.9 Å². The van der Waals surface area contributed by atoms with Gasteiger partial charge in [0.25, 0.3) is 0 Å². The minimum atomic E-state index is -3.98. The largest absolute Gasteiger partial charge is 0.530 e. The van der Waals surface area contributed by atoms with Crippen LogP contribution in [0, 0.1) is 0 Å². The van der Waals surface area contributed by atoms with Crippen LogP contribution in [0.15, 0.2) is 64.9 Å². The molecule has 0 aliphatic heterocycles. The van der Waals surface area contributed by atoms with Crippen molar-refractivity contribution >= 4 is 35.0 Å². The Morgan fingerprint density at radius 2 is 1.56 bits per heavy atom. The van der Waals surface area contributed by atoms with Crippen LogP contribution in [-0.2, 0) is 28.0 Å². The number of phosphoric ester groups is 1. The van der Waals surface area contributed by atoms with Gasteiger partial charge in [0.15, 0.2) is 0 Å². The van der Waals surface area contributed by atoms with Crippen molar-refractivity contribution in [1.82, 2.24) is 0 Å². The monoisotopic (exact) mass is 430 g/mol. The van der Waals surface area contributed by atoms with Gasteiger partial charge in [0, 0.05) is 10.6 Å². The van der Waals surface area contributed by atoms with Gasteiger partial charge in [-0.15, -0.1) is 0 Å². The Hall–Kier alpha value is -1.63. The summed E-state index contributed by atoms with van der Waals surface area (Å²) in [7, 11) is -7.88. The molecule has 0 atom stereocenters. The molecule has 9 heteroatoms. The first-order valence-electron chi connectivity index (χ1n) is 8.16. The van der Waals surface area contributed by atoms with Gasteiger partial charge in [-0.05, 0) is 38.1 Å². The van der Waals surface area contributed by atoms with E-state index in [0.29, 0.717) is 10.6 Å². The summed E-state index contributed by atoms with van der Waals surface area (Å²) in [6.07, 6.45) is 0. The Kier molecular flexibility index (Phi) is 7.65. The minimum absolute atomic E-state index is 0.0200. The number of halogens is 1. The number of hydrogen-bond donors (Lipinski definition) is 0. The summed E-state index contributed by atoms with van der Waals surface area (Å²) in [6, 6.07) is 14.1. The van der Waals surface area contributed by atoms with Crippen molar-refractivity contribution in [2.24, 2.45) is 0 Å². The second kappa shape index (κ2) is 9.53. The standard InChI is InChI=1S/C18H20ClO6PS/c1-3-23-26(20,24-4-2)25-18(15-8-6-5-7-9-15)14-27(21,22)17-12-10-16(19)11-13-17/h5-14H,3-4H2,1-2H3/b18-14+. The highest BCUT2D eigenvalue weighted by Gasteiger charge is 2.30. The molecule has 0 aliphatic rings. The molecule has 0 aliphatic carbocycles. The Balaban J connectivity index is 2.51. The molecule has 0 bridgehead atoms. The predicted molar refractivity (Wildman–Crippen MR) is 105 cm³/mol. The fourth-order valence-corrected chi connectivity index (χ4v) is 4.63. The van der Waals surface area contributed by atoms with Gasteiger partial charge >= 0.3 is 7.82 Å². The summed E-state index contributed by atoms with van der Waals surface area (Å²) < 4.78 is 53.9. The molecule has 2 aromatic rings. The molecule has 0 fully saturated rings. The lowest BCUT2D eigenvalue weighted by Gasteiger charge is -2.19. The molecular weight excluding hydrogens is 411 g/mol. The van der Waals surface area contributed by atoms with Crippen LogP contribution in [0.3, 0.4) is 0 Å². The smallest absolute Gasteiger partial charge is 0.403 e. The lowest BCUT2D eigenvalue weighted by atomic mass is 10.2. The van der Waals surface area contributed by atoms with E-state index < -0.39 is 17.7 Å². The van der Waals surface area contributed by atoms with Crippen molar-refractivity contribution in [2.45, 2.75) is 18.7 Å². The number of hydrogen-bond acceptors (Lipinski definition) is 6. The number of benzene rings is 2. The number of phosphoric acid groups is 1. The maximum Gasteiger partial charge on any atom is 0.530 e. The van der Waals surface area contributed by atoms with Crippen molar-refractivity contribution < 1.29 is 26.6 Å². The third-order valence-corrected chi connectivity index (χ3v) is 6.52. The van der Waals surface area contributed by atoms with Gasteiger partial charge in [0.1, 0.15) is 5.76 Å². The third-order valence-electron chi connectivity index (χ3n) is 3.25. The van der Waals surface area contributed by atoms with E-state index in [2.05, 4.69) is 0 Å². The maximum absolute atomic E-state index is 12.8. The average molecular weight is 431 g/mol. The average Bonchev–Trinajstić information content (AvgIpc) is 2.62. The Morgan fingerprint density at radius 1 is 1.00 bits per heavy atom. The lowest BCUT2D eigenvalue weighted by molar-refractivity contribution is 0.159. The van der Waals surface area contributed by atoms with Gasteiger partial charge in [-0.2, -0.15) is 0 Å². The van der Waals surface area contributed by atoms with Crippen LogP contribution in [0.1, 0.15) is 19.4 Å². The van der Waals surface area contributed by atoms with Crippen LogP contribution in [0.4, 0.5) is 0 Å². The van der Waals surface area contributed by atoms with Crippen molar-refractivity contribution in [2.75, 3.05) is 13.2 Å². The fourth-order valence-electron chi connectivity index (χ4n) is 2.10.